The molecule has 1 atom stereocenters. The Hall–Kier alpha value is -2.36. The van der Waals surface area contributed by atoms with Crippen LogP contribution in [0.25, 0.3) is 0 Å². The lowest BCUT2D eigenvalue weighted by Crippen LogP contribution is -2.64. The predicted octanol–water partition coefficient (Wildman–Crippen LogP) is 6.01. The van der Waals surface area contributed by atoms with Crippen molar-refractivity contribution < 1.29 is 23.1 Å². The van der Waals surface area contributed by atoms with Crippen LogP contribution in [-0.2, 0) is 4.74 Å². The summed E-state index contributed by atoms with van der Waals surface area (Å²) in [5, 5.41) is 0. The van der Waals surface area contributed by atoms with Crippen LogP contribution in [0.5, 0.6) is 0 Å². The number of rotatable bonds is 7. The third-order valence-corrected chi connectivity index (χ3v) is 10.9. The molecule has 0 N–H and O–H groups in total. The number of unbranched alkanes of at least 4 members (excludes halogenated alkanes) is 1. The summed E-state index contributed by atoms with van der Waals surface area (Å²) < 4.78 is 33.7. The van der Waals surface area contributed by atoms with E-state index in [1.165, 1.54) is 6.33 Å². The summed E-state index contributed by atoms with van der Waals surface area (Å²) >= 11 is 0. The van der Waals surface area contributed by atoms with Gasteiger partial charge in [-0.2, -0.15) is 0 Å². The number of likely N-dealkylation sites (tertiary alicyclic amines) is 2. The normalized spacial score (nSPS) is 26.3. The van der Waals surface area contributed by atoms with Gasteiger partial charge in [0.25, 0.3) is 5.91 Å². The molecule has 1 aliphatic carbocycles. The minimum Gasteiger partial charge on any atom is -0.442 e. The quantitative estimate of drug-likeness (QED) is 0.388. The lowest BCUT2D eigenvalue weighted by molar-refractivity contribution is -0.135. The summed E-state index contributed by atoms with van der Waals surface area (Å²) in [5.74, 6) is -2.16. The van der Waals surface area contributed by atoms with Crippen LogP contribution < -0.4 is 0 Å². The Bertz CT molecular complexity index is 1100. The number of halogens is 2. The highest BCUT2D eigenvalue weighted by atomic mass is 19.3. The van der Waals surface area contributed by atoms with E-state index in [1.54, 1.807) is 0 Å². The van der Waals surface area contributed by atoms with E-state index >= 15 is 0 Å². The maximum Gasteiger partial charge on any atom is 0.410 e. The molecular weight excluding hydrogens is 540 g/mol. The van der Waals surface area contributed by atoms with Crippen molar-refractivity contribution in [3.63, 3.8) is 0 Å². The number of aryl methyl sites for hydroxylation is 2. The molecule has 4 aliphatic rings. The molecule has 4 heterocycles. The van der Waals surface area contributed by atoms with Gasteiger partial charge in [0.15, 0.2) is 0 Å². The molecular formula is C32H49F2N5O3. The third-order valence-electron chi connectivity index (χ3n) is 10.9. The Morgan fingerprint density at radius 1 is 1.00 bits per heavy atom. The largest absolute Gasteiger partial charge is 0.442 e. The van der Waals surface area contributed by atoms with Crippen LogP contribution in [0.1, 0.15) is 106 Å². The molecule has 1 spiro atoms. The van der Waals surface area contributed by atoms with E-state index in [2.05, 4.69) is 28.7 Å². The van der Waals surface area contributed by atoms with Gasteiger partial charge >= 0.3 is 6.09 Å². The molecule has 3 saturated heterocycles. The summed E-state index contributed by atoms with van der Waals surface area (Å²) in [6, 6.07) is 0. The Labute approximate surface area is 249 Å². The van der Waals surface area contributed by atoms with Gasteiger partial charge < -0.3 is 14.5 Å². The minimum absolute atomic E-state index is 0.0116. The maximum absolute atomic E-state index is 13.7. The van der Waals surface area contributed by atoms with E-state index in [4.69, 9.17) is 4.74 Å². The van der Waals surface area contributed by atoms with Crippen LogP contribution in [0.15, 0.2) is 6.33 Å². The number of aromatic nitrogens is 2. The highest BCUT2D eigenvalue weighted by Crippen LogP contribution is 2.44. The molecule has 1 saturated carbocycles. The number of ether oxygens (including phenoxy) is 1. The van der Waals surface area contributed by atoms with E-state index in [1.807, 2.05) is 23.6 Å². The molecule has 0 radical (unpaired) electrons. The zero-order valence-electron chi connectivity index (χ0n) is 26.0. The fourth-order valence-corrected chi connectivity index (χ4v) is 7.88. The second-order valence-electron chi connectivity index (χ2n) is 13.7. The van der Waals surface area contributed by atoms with Gasteiger partial charge in [-0.25, -0.2) is 23.5 Å². The molecule has 8 nitrogen and oxygen atoms in total. The fraction of sp³-hybridized carbons (Fsp3) is 0.812. The molecule has 4 fully saturated rings. The Morgan fingerprint density at radius 2 is 1.62 bits per heavy atom. The van der Waals surface area contributed by atoms with E-state index < -0.39 is 11.5 Å². The van der Waals surface area contributed by atoms with Gasteiger partial charge in [-0.15, -0.1) is 0 Å². The number of amides is 2. The van der Waals surface area contributed by atoms with Crippen molar-refractivity contribution in [1.82, 2.24) is 24.7 Å². The number of alkyl halides is 2. The molecule has 234 valence electrons. The zero-order valence-corrected chi connectivity index (χ0v) is 26.0. The van der Waals surface area contributed by atoms with Gasteiger partial charge in [0.2, 0.25) is 5.92 Å². The summed E-state index contributed by atoms with van der Waals surface area (Å²) in [5.41, 5.74) is 1.60. The summed E-state index contributed by atoms with van der Waals surface area (Å²) in [4.78, 5) is 41.4. The average molecular weight is 590 g/mol. The predicted molar refractivity (Wildman–Crippen MR) is 157 cm³/mol. The molecule has 42 heavy (non-hydrogen) atoms. The van der Waals surface area contributed by atoms with Gasteiger partial charge in [0, 0.05) is 76.4 Å². The molecule has 10 heteroatoms. The summed E-state index contributed by atoms with van der Waals surface area (Å²) in [6.07, 6.45) is 8.63. The fourth-order valence-electron chi connectivity index (χ4n) is 7.88. The van der Waals surface area contributed by atoms with Crippen molar-refractivity contribution in [1.29, 1.82) is 0 Å². The minimum atomic E-state index is -2.56. The smallest absolute Gasteiger partial charge is 0.410 e. The van der Waals surface area contributed by atoms with Gasteiger partial charge in [-0.3, -0.25) is 9.69 Å². The van der Waals surface area contributed by atoms with Crippen molar-refractivity contribution >= 4 is 12.0 Å². The van der Waals surface area contributed by atoms with E-state index in [9.17, 15) is 18.4 Å². The highest BCUT2D eigenvalue weighted by Gasteiger charge is 2.52. The lowest BCUT2D eigenvalue weighted by atomic mass is 9.74. The Balaban J connectivity index is 1.19. The molecule has 1 unspecified atom stereocenters. The topological polar surface area (TPSA) is 78.9 Å². The Morgan fingerprint density at radius 3 is 2.21 bits per heavy atom. The number of hydrogen-bond donors (Lipinski definition) is 0. The van der Waals surface area contributed by atoms with Crippen LogP contribution in [0, 0.1) is 25.7 Å². The number of carbonyl (C=O) groups excluding carboxylic acids is 2. The molecule has 0 bridgehead atoms. The molecule has 0 aromatic carbocycles. The monoisotopic (exact) mass is 589 g/mol. The summed E-state index contributed by atoms with van der Waals surface area (Å²) in [7, 11) is 0. The van der Waals surface area contributed by atoms with Gasteiger partial charge in [0.05, 0.1) is 17.0 Å². The first kappa shape index (κ1) is 31.1. The van der Waals surface area contributed by atoms with Crippen LogP contribution in [0.2, 0.25) is 0 Å². The first-order valence-electron chi connectivity index (χ1n) is 16.1. The first-order chi connectivity index (χ1) is 20.0. The number of nitrogens with zero attached hydrogens (tertiary/aromatic N) is 5. The second-order valence-corrected chi connectivity index (χ2v) is 13.7. The molecule has 1 aromatic rings. The lowest BCUT2D eigenvalue weighted by Gasteiger charge is -2.55. The van der Waals surface area contributed by atoms with Crippen LogP contribution >= 0.6 is 0 Å². The van der Waals surface area contributed by atoms with Crippen molar-refractivity contribution in [2.45, 2.75) is 115 Å². The van der Waals surface area contributed by atoms with Gasteiger partial charge in [-0.1, -0.05) is 19.8 Å². The van der Waals surface area contributed by atoms with E-state index in [-0.39, 0.29) is 42.2 Å². The standard InChI is InChI=1S/C32H49F2N5O3/c1-5-6-7-26-21-38(20-25-8-10-32(33,34)11-9-25)29(41)42-31(26)14-18-39(19-15-31)30(4)12-16-37(17-13-30)28(40)27-23(2)35-22-36-24(27)3/h22,25-26H,5-21H2,1-4H3. The van der Waals surface area contributed by atoms with Crippen molar-refractivity contribution in [2.75, 3.05) is 39.3 Å². The molecule has 1 aromatic heterocycles. The van der Waals surface area contributed by atoms with Crippen molar-refractivity contribution in [3.8, 4) is 0 Å². The third kappa shape index (κ3) is 6.43. The second kappa shape index (κ2) is 12.3. The van der Waals surface area contributed by atoms with E-state index in [0.29, 0.717) is 44.6 Å². The Kier molecular flexibility index (Phi) is 9.12. The van der Waals surface area contributed by atoms with Crippen LogP contribution in [0.4, 0.5) is 13.6 Å². The maximum atomic E-state index is 13.7. The molecule has 5 rings (SSSR count). The van der Waals surface area contributed by atoms with Crippen molar-refractivity contribution in [2.24, 2.45) is 11.8 Å². The SMILES string of the molecule is CCCCC1CN(CC2CCC(F)(F)CC2)C(=O)OC12CCN(C1(C)CCN(C(=O)c3c(C)ncnc3C)CC1)CC2. The highest BCUT2D eigenvalue weighted by molar-refractivity contribution is 5.96. The number of hydrogen-bond acceptors (Lipinski definition) is 6. The average Bonchev–Trinajstić information content (AvgIpc) is 2.95. The van der Waals surface area contributed by atoms with Crippen LogP contribution in [0.3, 0.4) is 0 Å². The summed E-state index contributed by atoms with van der Waals surface area (Å²) in [6.45, 7) is 12.5. The number of carbonyl (C=O) groups is 2. The molecule has 2 amide bonds. The van der Waals surface area contributed by atoms with Gasteiger partial charge in [0.1, 0.15) is 11.9 Å². The van der Waals surface area contributed by atoms with Crippen LogP contribution in [-0.4, -0.2) is 93.0 Å². The first-order valence-corrected chi connectivity index (χ1v) is 16.1. The van der Waals surface area contributed by atoms with Crippen molar-refractivity contribution in [3.05, 3.63) is 23.3 Å². The molecule has 3 aliphatic heterocycles. The zero-order chi connectivity index (χ0) is 30.1. The van der Waals surface area contributed by atoms with E-state index in [0.717, 1.165) is 69.4 Å². The van der Waals surface area contributed by atoms with Gasteiger partial charge in [-0.05, 0) is 58.8 Å². The number of piperidine rings is 2.